The average molecular weight is 492 g/mol. The van der Waals surface area contributed by atoms with E-state index in [-0.39, 0.29) is 17.7 Å². The highest BCUT2D eigenvalue weighted by Gasteiger charge is 2.57. The van der Waals surface area contributed by atoms with Gasteiger partial charge in [-0.3, -0.25) is 14.3 Å². The molecule has 0 spiro atoms. The third kappa shape index (κ3) is 5.22. The number of nitrogens with one attached hydrogen (secondary N) is 2. The molecule has 0 saturated carbocycles. The number of H-pyrrole nitrogens is 1. The number of nitrogens with zero attached hydrogens (tertiary/aromatic N) is 1. The Labute approximate surface area is 210 Å². The second-order valence-electron chi connectivity index (χ2n) is 9.64. The van der Waals surface area contributed by atoms with E-state index in [1.54, 1.807) is 13.1 Å². The van der Waals surface area contributed by atoms with Gasteiger partial charge in [-0.25, -0.2) is 4.79 Å². The van der Waals surface area contributed by atoms with Crippen LogP contribution in [0.5, 0.6) is 0 Å². The molecule has 2 aromatic carbocycles. The van der Waals surface area contributed by atoms with Gasteiger partial charge in [-0.05, 0) is 37.4 Å². The number of ether oxygens (including phenoxy) is 3. The van der Waals surface area contributed by atoms with Crippen molar-refractivity contribution in [3.63, 3.8) is 0 Å². The maximum absolute atomic E-state index is 12.8. The first-order valence-corrected chi connectivity index (χ1v) is 12.6. The van der Waals surface area contributed by atoms with Crippen LogP contribution in [0.1, 0.15) is 42.2 Å². The summed E-state index contributed by atoms with van der Waals surface area (Å²) in [5.74, 6) is 0. The molecule has 1 aromatic heterocycles. The molecule has 2 saturated heterocycles. The topological polar surface area (TPSA) is 94.6 Å². The van der Waals surface area contributed by atoms with Crippen molar-refractivity contribution >= 4 is 0 Å². The summed E-state index contributed by atoms with van der Waals surface area (Å²) in [5.41, 5.74) is 1.15. The molecule has 0 radical (unpaired) electrons. The summed E-state index contributed by atoms with van der Waals surface area (Å²) < 4.78 is 20.9. The highest BCUT2D eigenvalue weighted by molar-refractivity contribution is 5.15. The number of fused-ring (bicyclic) bond motifs is 2. The van der Waals surface area contributed by atoms with Gasteiger partial charge in [0.2, 0.25) is 0 Å². The van der Waals surface area contributed by atoms with Crippen molar-refractivity contribution in [2.75, 3.05) is 13.2 Å². The third-order valence-corrected chi connectivity index (χ3v) is 7.14. The molecule has 2 bridgehead atoms. The molecule has 5 rings (SSSR count). The number of aromatic nitrogens is 2. The number of hydrogen-bond donors (Lipinski definition) is 2. The summed E-state index contributed by atoms with van der Waals surface area (Å²) >= 11 is 0. The van der Waals surface area contributed by atoms with Crippen molar-refractivity contribution < 1.29 is 14.2 Å². The van der Waals surface area contributed by atoms with Crippen molar-refractivity contribution in [1.82, 2.24) is 14.9 Å². The molecule has 4 atom stereocenters. The van der Waals surface area contributed by atoms with E-state index < -0.39 is 17.5 Å². The molecule has 3 aromatic rings. The van der Waals surface area contributed by atoms with Gasteiger partial charge >= 0.3 is 5.69 Å². The number of aromatic amines is 1. The minimum atomic E-state index is -0.631. The smallest absolute Gasteiger partial charge is 0.330 e. The molecule has 0 amide bonds. The van der Waals surface area contributed by atoms with Gasteiger partial charge in [0, 0.05) is 24.8 Å². The summed E-state index contributed by atoms with van der Waals surface area (Å²) in [6, 6.07) is 19.9. The largest absolute Gasteiger partial charge is 0.377 e. The van der Waals surface area contributed by atoms with Crippen molar-refractivity contribution in [3.8, 4) is 0 Å². The number of rotatable bonds is 9. The van der Waals surface area contributed by atoms with E-state index in [1.165, 1.54) is 4.57 Å². The fourth-order valence-corrected chi connectivity index (χ4v) is 5.28. The van der Waals surface area contributed by atoms with Crippen LogP contribution in [0.25, 0.3) is 0 Å². The number of hydrogen-bond acceptors (Lipinski definition) is 6. The van der Waals surface area contributed by atoms with E-state index in [4.69, 9.17) is 14.2 Å². The van der Waals surface area contributed by atoms with Gasteiger partial charge in [-0.15, -0.1) is 0 Å². The van der Waals surface area contributed by atoms with Crippen LogP contribution in [0.3, 0.4) is 0 Å². The molecular formula is C28H33N3O5. The molecule has 8 nitrogen and oxygen atoms in total. The fraction of sp³-hybridized carbons (Fsp3) is 0.429. The van der Waals surface area contributed by atoms with Crippen molar-refractivity contribution in [3.05, 3.63) is 104 Å². The van der Waals surface area contributed by atoms with Crippen molar-refractivity contribution in [1.29, 1.82) is 0 Å². The van der Waals surface area contributed by atoms with E-state index in [2.05, 4.69) is 10.3 Å². The molecule has 2 fully saturated rings. The molecular weight excluding hydrogens is 458 g/mol. The highest BCUT2D eigenvalue weighted by Crippen LogP contribution is 2.45. The lowest BCUT2D eigenvalue weighted by Crippen LogP contribution is -2.49. The van der Waals surface area contributed by atoms with Crippen molar-refractivity contribution in [2.45, 2.75) is 63.4 Å². The lowest BCUT2D eigenvalue weighted by Gasteiger charge is -2.34. The Morgan fingerprint density at radius 2 is 1.72 bits per heavy atom. The summed E-state index contributed by atoms with van der Waals surface area (Å²) in [7, 11) is 0. The van der Waals surface area contributed by atoms with E-state index in [0.29, 0.717) is 31.8 Å². The first-order chi connectivity index (χ1) is 17.6. The van der Waals surface area contributed by atoms with Gasteiger partial charge in [0.1, 0.15) is 11.7 Å². The number of aryl methyl sites for hydroxylation is 1. The van der Waals surface area contributed by atoms with E-state index >= 15 is 0 Å². The highest BCUT2D eigenvalue weighted by atomic mass is 16.6. The zero-order chi connectivity index (χ0) is 25.0. The van der Waals surface area contributed by atoms with Crippen LogP contribution in [-0.4, -0.2) is 40.4 Å². The first kappa shape index (κ1) is 24.6. The lowest BCUT2D eigenvalue weighted by atomic mass is 9.87. The second-order valence-corrected chi connectivity index (χ2v) is 9.64. The second kappa shape index (κ2) is 10.9. The predicted octanol–water partition coefficient (Wildman–Crippen LogP) is 3.06. The van der Waals surface area contributed by atoms with Crippen LogP contribution in [0, 0.1) is 6.92 Å². The molecule has 36 heavy (non-hydrogen) atoms. The summed E-state index contributed by atoms with van der Waals surface area (Å²) in [6.07, 6.45) is 3.00. The molecule has 2 aliphatic rings. The molecule has 190 valence electrons. The predicted molar refractivity (Wildman–Crippen MR) is 136 cm³/mol. The molecule has 3 heterocycles. The SMILES string of the molecule is Cc1cn([C@@H]2O[C@@]3(CCOCc4ccccc4)CCCN[C@@H]2[C@@H]3OCc2ccccc2)c(=O)[nH]c1=O. The Balaban J connectivity index is 1.41. The van der Waals surface area contributed by atoms with Gasteiger partial charge in [-0.2, -0.15) is 0 Å². The molecule has 0 unspecified atom stereocenters. The Morgan fingerprint density at radius 1 is 1.03 bits per heavy atom. The normalized spacial score (nSPS) is 25.5. The lowest BCUT2D eigenvalue weighted by molar-refractivity contribution is -0.138. The fourth-order valence-electron chi connectivity index (χ4n) is 5.28. The maximum Gasteiger partial charge on any atom is 0.330 e. The third-order valence-electron chi connectivity index (χ3n) is 7.14. The monoisotopic (exact) mass is 491 g/mol. The van der Waals surface area contributed by atoms with E-state index in [9.17, 15) is 9.59 Å². The van der Waals surface area contributed by atoms with Crippen LogP contribution in [0.2, 0.25) is 0 Å². The average Bonchev–Trinajstić information content (AvgIpc) is 3.06. The van der Waals surface area contributed by atoms with Crippen LogP contribution < -0.4 is 16.6 Å². The van der Waals surface area contributed by atoms with Gasteiger partial charge in [0.15, 0.2) is 6.23 Å². The Kier molecular flexibility index (Phi) is 7.48. The first-order valence-electron chi connectivity index (χ1n) is 12.6. The summed E-state index contributed by atoms with van der Waals surface area (Å²) in [6.45, 7) is 3.94. The maximum atomic E-state index is 12.8. The van der Waals surface area contributed by atoms with Crippen LogP contribution in [0.4, 0.5) is 0 Å². The Morgan fingerprint density at radius 3 is 2.44 bits per heavy atom. The van der Waals surface area contributed by atoms with Gasteiger partial charge in [-0.1, -0.05) is 60.7 Å². The Hall–Kier alpha value is -3.04. The van der Waals surface area contributed by atoms with Crippen molar-refractivity contribution in [2.24, 2.45) is 0 Å². The van der Waals surface area contributed by atoms with E-state index in [1.807, 2.05) is 60.7 Å². The van der Waals surface area contributed by atoms with E-state index in [0.717, 1.165) is 30.5 Å². The van der Waals surface area contributed by atoms with Crippen LogP contribution >= 0.6 is 0 Å². The summed E-state index contributed by atoms with van der Waals surface area (Å²) in [4.78, 5) is 27.2. The quantitative estimate of drug-likeness (QED) is 0.447. The minimum Gasteiger partial charge on any atom is -0.377 e. The summed E-state index contributed by atoms with van der Waals surface area (Å²) in [5, 5.41) is 3.57. The standard InChI is InChI=1S/C28H33N3O5/c1-20-17-31(27(33)30-25(20)32)26-23-24(35-19-22-11-6-3-7-12-22)28(36-26,13-8-15-29-23)14-16-34-18-21-9-4-2-5-10-21/h2-7,9-12,17,23-24,26,29H,8,13-16,18-19H2,1H3,(H,30,32,33)/t23-,24+,26-,28-/m1/s1. The van der Waals surface area contributed by atoms with Gasteiger partial charge in [0.05, 0.1) is 19.3 Å². The molecule has 2 aliphatic heterocycles. The minimum absolute atomic E-state index is 0.256. The Bertz CT molecular complexity index is 1260. The molecule has 0 aliphatic carbocycles. The zero-order valence-electron chi connectivity index (χ0n) is 20.5. The van der Waals surface area contributed by atoms with Gasteiger partial charge < -0.3 is 19.5 Å². The van der Waals surface area contributed by atoms with Crippen LogP contribution in [-0.2, 0) is 27.4 Å². The van der Waals surface area contributed by atoms with Gasteiger partial charge in [0.25, 0.3) is 5.56 Å². The van der Waals surface area contributed by atoms with Crippen LogP contribution in [0.15, 0.2) is 76.4 Å². The zero-order valence-corrected chi connectivity index (χ0v) is 20.5. The number of benzene rings is 2. The molecule has 8 heteroatoms. The molecule has 2 N–H and O–H groups in total.